The fraction of sp³-hybridized carbons (Fsp3) is 0.462. The van der Waals surface area contributed by atoms with E-state index in [1.165, 1.54) is 6.20 Å². The molecule has 1 atom stereocenters. The number of benzene rings is 1. The van der Waals surface area contributed by atoms with Crippen molar-refractivity contribution in [3.63, 3.8) is 0 Å². The molecule has 5 heterocycles. The lowest BCUT2D eigenvalue weighted by Crippen LogP contribution is -2.51. The number of nitrogens with zero attached hydrogens (tertiary/aromatic N) is 10. The molecule has 1 N–H and O–H groups in total. The Morgan fingerprint density at radius 2 is 1.68 bits per heavy atom. The van der Waals surface area contributed by atoms with E-state index in [2.05, 4.69) is 19.9 Å². The number of imidazole rings is 2. The molecule has 1 aromatic carbocycles. The molecule has 2 aliphatic heterocycles. The number of rotatable bonds is 17. The van der Waals surface area contributed by atoms with Crippen molar-refractivity contribution in [3.8, 4) is 11.8 Å². The molecular formula is C39H44F2N10O8. The predicted molar refractivity (Wildman–Crippen MR) is 201 cm³/mol. The lowest BCUT2D eigenvalue weighted by Gasteiger charge is -2.35. The minimum absolute atomic E-state index is 0.0299. The van der Waals surface area contributed by atoms with E-state index < -0.39 is 36.8 Å². The number of hydrogen-bond acceptors (Lipinski definition) is 13. The standard InChI is InChI=1S/C38H44F2N10O6.CO2/c1-45-12-9-43-33(45)22-47(23-34-44-10-13-49(34)25-37(54)55)24-36(53)48-16-14-46(15-17-48)11-2-18-56-28-3-4-31-30(19-28)29(7-8-42-31)32(51)5-6-35(52)50-26-38(39,40)20-27(50)21-41;2-1-3/h3-4,7-10,12-13,19,27H,2,5-6,11,14-18,20,22-26H2,1H3,(H,54,55);/t27-;/m0./s1. The Morgan fingerprint density at radius 3 is 2.37 bits per heavy atom. The molecule has 312 valence electrons. The minimum atomic E-state index is -3.13. The van der Waals surface area contributed by atoms with Gasteiger partial charge >= 0.3 is 12.1 Å². The monoisotopic (exact) mass is 818 g/mol. The van der Waals surface area contributed by atoms with Crippen molar-refractivity contribution < 1.29 is 47.4 Å². The van der Waals surface area contributed by atoms with Gasteiger partial charge in [-0.1, -0.05) is 0 Å². The molecule has 2 fully saturated rings. The van der Waals surface area contributed by atoms with Gasteiger partial charge in [0.15, 0.2) is 5.78 Å². The zero-order chi connectivity index (χ0) is 42.5. The Kier molecular flexibility index (Phi) is 15.1. The second-order valence-corrected chi connectivity index (χ2v) is 14.2. The summed E-state index contributed by atoms with van der Waals surface area (Å²) < 4.78 is 37.1. The number of fused-ring (bicyclic) bond motifs is 1. The predicted octanol–water partition coefficient (Wildman–Crippen LogP) is 2.00. The number of carbonyl (C=O) groups is 4. The number of aryl methyl sites for hydroxylation is 1. The second kappa shape index (κ2) is 20.3. The summed E-state index contributed by atoms with van der Waals surface area (Å²) in [4.78, 5) is 86.9. The van der Waals surface area contributed by atoms with Gasteiger partial charge in [0.25, 0.3) is 5.92 Å². The molecule has 0 radical (unpaired) electrons. The third-order valence-electron chi connectivity index (χ3n) is 10.0. The van der Waals surface area contributed by atoms with Crippen LogP contribution in [0.25, 0.3) is 10.9 Å². The Bertz CT molecular complexity index is 2190. The Labute approximate surface area is 337 Å². The van der Waals surface area contributed by atoms with Gasteiger partial charge in [-0.05, 0) is 30.7 Å². The van der Waals surface area contributed by atoms with E-state index in [0.717, 1.165) is 17.3 Å². The number of nitriles is 1. The summed E-state index contributed by atoms with van der Waals surface area (Å²) in [6.07, 6.45) is 7.95. The fourth-order valence-electron chi connectivity index (χ4n) is 7.04. The lowest BCUT2D eigenvalue weighted by molar-refractivity contribution is -0.191. The number of carboxylic acids is 1. The average Bonchev–Trinajstić information content (AvgIpc) is 3.92. The molecule has 0 aliphatic carbocycles. The van der Waals surface area contributed by atoms with E-state index >= 15 is 0 Å². The summed E-state index contributed by atoms with van der Waals surface area (Å²) in [6, 6.07) is 7.34. The van der Waals surface area contributed by atoms with Crippen LogP contribution in [0.4, 0.5) is 8.78 Å². The van der Waals surface area contributed by atoms with E-state index in [-0.39, 0.29) is 50.3 Å². The van der Waals surface area contributed by atoms with Crippen molar-refractivity contribution in [3.05, 3.63) is 72.5 Å². The van der Waals surface area contributed by atoms with E-state index in [9.17, 15) is 38.3 Å². The fourth-order valence-corrected chi connectivity index (χ4v) is 7.04. The highest BCUT2D eigenvalue weighted by Crippen LogP contribution is 2.32. The van der Waals surface area contributed by atoms with Gasteiger partial charge in [-0.2, -0.15) is 14.9 Å². The molecule has 0 spiro atoms. The molecule has 2 saturated heterocycles. The maximum atomic E-state index is 13.8. The number of alkyl halides is 2. The van der Waals surface area contributed by atoms with Crippen LogP contribution in [0, 0.1) is 11.3 Å². The highest BCUT2D eigenvalue weighted by Gasteiger charge is 2.47. The first kappa shape index (κ1) is 43.7. The van der Waals surface area contributed by atoms with Crippen LogP contribution in [0.15, 0.2) is 55.2 Å². The third-order valence-corrected chi connectivity index (χ3v) is 10.0. The number of halogens is 2. The molecular weight excluding hydrogens is 774 g/mol. The third kappa shape index (κ3) is 12.0. The van der Waals surface area contributed by atoms with Crippen molar-refractivity contribution >= 4 is 40.6 Å². The number of likely N-dealkylation sites (tertiary alicyclic amines) is 1. The minimum Gasteiger partial charge on any atom is -0.494 e. The number of carboxylic acid groups (broad SMARTS) is 1. The first-order valence-electron chi connectivity index (χ1n) is 18.8. The summed E-state index contributed by atoms with van der Waals surface area (Å²) in [5.74, 6) is -3.27. The van der Waals surface area contributed by atoms with Crippen molar-refractivity contribution in [1.29, 1.82) is 5.26 Å². The van der Waals surface area contributed by atoms with Crippen LogP contribution in [0.3, 0.4) is 0 Å². The summed E-state index contributed by atoms with van der Waals surface area (Å²) in [5, 5.41) is 19.0. The summed E-state index contributed by atoms with van der Waals surface area (Å²) in [7, 11) is 1.88. The molecule has 4 aromatic rings. The number of pyridine rings is 1. The topological polar surface area (TPSA) is 217 Å². The first-order valence-corrected chi connectivity index (χ1v) is 18.8. The Morgan fingerprint density at radius 1 is 0.966 bits per heavy atom. The van der Waals surface area contributed by atoms with Gasteiger partial charge in [-0.15, -0.1) is 0 Å². The second-order valence-electron chi connectivity index (χ2n) is 14.2. The molecule has 3 aromatic heterocycles. The summed E-state index contributed by atoms with van der Waals surface area (Å²) in [5.41, 5.74) is 0.906. The largest absolute Gasteiger partial charge is 0.494 e. The zero-order valence-corrected chi connectivity index (χ0v) is 32.4. The van der Waals surface area contributed by atoms with Crippen LogP contribution in [-0.2, 0) is 50.7 Å². The zero-order valence-electron chi connectivity index (χ0n) is 32.4. The maximum Gasteiger partial charge on any atom is 0.373 e. The van der Waals surface area contributed by atoms with Gasteiger partial charge in [0.2, 0.25) is 11.8 Å². The SMILES string of the molecule is Cn1ccnc1CN(CC(=O)N1CCN(CCCOc2ccc3nccc(C(=O)CCC(=O)N4CC(F)(F)C[C@H]4C#N)c3c2)CC1)Cc1nccn1CC(=O)O.O=C=O. The number of hydrogen-bond donors (Lipinski definition) is 1. The Hall–Kier alpha value is -6.42. The van der Waals surface area contributed by atoms with Gasteiger partial charge in [0, 0.05) is 101 Å². The molecule has 0 bridgehead atoms. The van der Waals surface area contributed by atoms with Crippen molar-refractivity contribution in [2.24, 2.45) is 7.05 Å². The van der Waals surface area contributed by atoms with E-state index in [4.69, 9.17) is 14.3 Å². The van der Waals surface area contributed by atoms with Crippen LogP contribution in [-0.4, -0.2) is 143 Å². The average molecular weight is 819 g/mol. The van der Waals surface area contributed by atoms with Crippen molar-refractivity contribution in [1.82, 2.24) is 43.7 Å². The molecule has 6 rings (SSSR count). The van der Waals surface area contributed by atoms with Crippen LogP contribution in [0.1, 0.15) is 47.7 Å². The van der Waals surface area contributed by atoms with Gasteiger partial charge in [0.05, 0.1) is 44.4 Å². The van der Waals surface area contributed by atoms with Gasteiger partial charge < -0.3 is 28.8 Å². The molecule has 59 heavy (non-hydrogen) atoms. The number of aromatic nitrogens is 5. The van der Waals surface area contributed by atoms with E-state index in [0.29, 0.717) is 73.8 Å². The van der Waals surface area contributed by atoms with Crippen LogP contribution in [0.5, 0.6) is 5.75 Å². The van der Waals surface area contributed by atoms with Crippen LogP contribution < -0.4 is 4.74 Å². The maximum absolute atomic E-state index is 13.8. The number of ketones is 1. The van der Waals surface area contributed by atoms with Crippen molar-refractivity contribution in [2.45, 2.75) is 57.3 Å². The molecule has 0 saturated carbocycles. The smallest absolute Gasteiger partial charge is 0.373 e. The molecule has 20 heteroatoms. The highest BCUT2D eigenvalue weighted by molar-refractivity contribution is 6.08. The van der Waals surface area contributed by atoms with E-state index in [1.54, 1.807) is 53.5 Å². The quantitative estimate of drug-likeness (QED) is 0.119. The summed E-state index contributed by atoms with van der Waals surface area (Å²) >= 11 is 0. The number of aliphatic carboxylic acids is 1. The molecule has 0 unspecified atom stereocenters. The first-order chi connectivity index (χ1) is 28.3. The number of carbonyl (C=O) groups excluding carboxylic acids is 5. The Balaban J connectivity index is 0.00000214. The van der Waals surface area contributed by atoms with Crippen LogP contribution >= 0.6 is 0 Å². The highest BCUT2D eigenvalue weighted by atomic mass is 19.3. The van der Waals surface area contributed by atoms with Crippen LogP contribution in [0.2, 0.25) is 0 Å². The summed E-state index contributed by atoms with van der Waals surface area (Å²) in [6.45, 7) is 3.41. The molecule has 2 aliphatic rings. The number of amides is 2. The van der Waals surface area contributed by atoms with Gasteiger partial charge in [0.1, 0.15) is 30.0 Å². The van der Waals surface area contributed by atoms with Crippen molar-refractivity contribution in [2.75, 3.05) is 52.4 Å². The molecule has 18 nitrogen and oxygen atoms in total. The molecule has 2 amide bonds. The normalized spacial score (nSPS) is 16.3. The number of Topliss-reactive ketones (excluding diaryl/α,β-unsaturated/α-hetero) is 1. The lowest BCUT2D eigenvalue weighted by atomic mass is 10.0. The van der Waals surface area contributed by atoms with Gasteiger partial charge in [-0.3, -0.25) is 34.0 Å². The van der Waals surface area contributed by atoms with Gasteiger partial charge in [-0.25, -0.2) is 18.7 Å². The number of ether oxygens (including phenoxy) is 1. The number of piperazine rings is 1. The van der Waals surface area contributed by atoms with E-state index in [1.807, 2.05) is 27.6 Å².